The number of nitrogens with zero attached hydrogens (tertiary/aromatic N) is 3. The fourth-order valence-corrected chi connectivity index (χ4v) is 3.64. The Labute approximate surface area is 167 Å². The van der Waals surface area contributed by atoms with Crippen LogP contribution in [0.25, 0.3) is 32.7 Å². The Morgan fingerprint density at radius 3 is 2.21 bits per heavy atom. The number of benzene rings is 3. The van der Waals surface area contributed by atoms with Gasteiger partial charge in [0.05, 0.1) is 17.1 Å². The summed E-state index contributed by atoms with van der Waals surface area (Å²) in [5, 5.41) is 4.22. The lowest BCUT2D eigenvalue weighted by molar-refractivity contribution is -0.0251. The second-order valence-corrected chi connectivity index (χ2v) is 6.61. The van der Waals surface area contributed by atoms with E-state index in [1.54, 1.807) is 0 Å². The lowest BCUT2D eigenvalue weighted by Gasteiger charge is -2.18. The largest absolute Gasteiger partial charge is 0.455 e. The average molecular weight is 390 g/mol. The fraction of sp³-hybridized carbons (Fsp3) is 0.0909. The first-order chi connectivity index (χ1) is 13.8. The predicted molar refractivity (Wildman–Crippen MR) is 109 cm³/mol. The van der Waals surface area contributed by atoms with Gasteiger partial charge in [0.15, 0.2) is 0 Å². The Hall–Kier alpha value is -3.40. The average Bonchev–Trinajstić information content (AvgIpc) is 3.26. The van der Waals surface area contributed by atoms with Crippen LogP contribution in [0.1, 0.15) is 17.4 Å². The molecule has 0 bridgehead atoms. The minimum atomic E-state index is -0.644. The van der Waals surface area contributed by atoms with Crippen LogP contribution >= 0.6 is 11.6 Å². The molecule has 138 valence electrons. The first-order valence-corrected chi connectivity index (χ1v) is 9.09. The molecule has 0 amide bonds. The predicted octanol–water partition coefficient (Wildman–Crippen LogP) is 7.00. The lowest BCUT2D eigenvalue weighted by atomic mass is 9.92. The van der Waals surface area contributed by atoms with Crippen LogP contribution in [0.5, 0.6) is 0 Å². The van der Waals surface area contributed by atoms with Crippen LogP contribution in [-0.2, 0) is 16.0 Å². The van der Waals surface area contributed by atoms with Crippen molar-refractivity contribution in [2.75, 3.05) is 0 Å². The third-order valence-corrected chi connectivity index (χ3v) is 4.85. The number of azide groups is 1. The maximum atomic E-state index is 8.78. The van der Waals surface area contributed by atoms with E-state index in [1.165, 1.54) is 12.5 Å². The molecule has 1 aliphatic rings. The standard InChI is InChI=1S/C22H16ClN3O2/c23-20-13-16(12-17(14-25-26-24)21(20)22-27-10-11-28-22)19-9-5-4-8-18(19)15-6-2-1-3-7-15/h1-13,22H,14H2. The molecular formula is C22H16ClN3O2. The first kappa shape index (κ1) is 18.0. The number of rotatable bonds is 5. The second kappa shape index (κ2) is 8.09. The van der Waals surface area contributed by atoms with Crippen LogP contribution in [0.15, 0.2) is 84.4 Å². The monoisotopic (exact) mass is 389 g/mol. The number of ether oxygens (including phenoxy) is 2. The summed E-state index contributed by atoms with van der Waals surface area (Å²) < 4.78 is 10.9. The van der Waals surface area contributed by atoms with Crippen LogP contribution in [-0.4, -0.2) is 0 Å². The number of hydrogen-bond donors (Lipinski definition) is 0. The molecule has 1 heterocycles. The first-order valence-electron chi connectivity index (χ1n) is 8.72. The Morgan fingerprint density at radius 2 is 1.54 bits per heavy atom. The van der Waals surface area contributed by atoms with Crippen molar-refractivity contribution in [2.45, 2.75) is 12.8 Å². The molecule has 0 atom stereocenters. The van der Waals surface area contributed by atoms with Crippen molar-refractivity contribution >= 4 is 11.6 Å². The van der Waals surface area contributed by atoms with Crippen LogP contribution in [0, 0.1) is 0 Å². The normalized spacial score (nSPS) is 12.9. The Balaban J connectivity index is 1.85. The van der Waals surface area contributed by atoms with E-state index in [0.717, 1.165) is 27.8 Å². The zero-order valence-electron chi connectivity index (χ0n) is 14.8. The quantitative estimate of drug-likeness (QED) is 0.268. The number of halogens is 1. The highest BCUT2D eigenvalue weighted by Crippen LogP contribution is 2.39. The van der Waals surface area contributed by atoms with Gasteiger partial charge >= 0.3 is 0 Å². The minimum absolute atomic E-state index is 0.149. The highest BCUT2D eigenvalue weighted by molar-refractivity contribution is 6.31. The molecule has 3 aromatic carbocycles. The third kappa shape index (κ3) is 3.54. The van der Waals surface area contributed by atoms with Crippen LogP contribution in [0.4, 0.5) is 0 Å². The zero-order chi connectivity index (χ0) is 19.3. The molecule has 5 nitrogen and oxygen atoms in total. The molecule has 0 radical (unpaired) electrons. The molecule has 28 heavy (non-hydrogen) atoms. The minimum Gasteiger partial charge on any atom is -0.455 e. The molecule has 6 heteroatoms. The summed E-state index contributed by atoms with van der Waals surface area (Å²) in [5.74, 6) is 0. The van der Waals surface area contributed by atoms with Gasteiger partial charge in [-0.2, -0.15) is 0 Å². The van der Waals surface area contributed by atoms with Crippen molar-refractivity contribution in [3.05, 3.63) is 106 Å². The van der Waals surface area contributed by atoms with Crippen LogP contribution in [0.2, 0.25) is 5.02 Å². The Bertz CT molecular complexity index is 1070. The molecule has 0 saturated carbocycles. The Morgan fingerprint density at radius 1 is 0.893 bits per heavy atom. The van der Waals surface area contributed by atoms with Crippen LogP contribution in [0.3, 0.4) is 0 Å². The number of hydrogen-bond acceptors (Lipinski definition) is 3. The van der Waals surface area contributed by atoms with Gasteiger partial charge in [-0.05, 0) is 39.4 Å². The topological polar surface area (TPSA) is 67.2 Å². The molecule has 0 aliphatic carbocycles. The molecule has 0 N–H and O–H groups in total. The Kier molecular flexibility index (Phi) is 5.20. The molecule has 0 spiro atoms. The second-order valence-electron chi connectivity index (χ2n) is 6.21. The van der Waals surface area contributed by atoms with Crippen molar-refractivity contribution < 1.29 is 9.47 Å². The van der Waals surface area contributed by atoms with Gasteiger partial charge in [0, 0.05) is 4.91 Å². The van der Waals surface area contributed by atoms with Gasteiger partial charge in [-0.3, -0.25) is 0 Å². The SMILES string of the molecule is [N-]=[N+]=NCc1cc(-c2ccccc2-c2ccccc2)cc(Cl)c1C1OC=CO1. The molecule has 0 saturated heterocycles. The fourth-order valence-electron chi connectivity index (χ4n) is 3.31. The molecule has 4 rings (SSSR count). The van der Waals surface area contributed by atoms with E-state index in [-0.39, 0.29) is 6.54 Å². The maximum absolute atomic E-state index is 8.78. The molecule has 3 aromatic rings. The maximum Gasteiger partial charge on any atom is 0.268 e. The van der Waals surface area contributed by atoms with Crippen molar-refractivity contribution in [1.29, 1.82) is 0 Å². The smallest absolute Gasteiger partial charge is 0.268 e. The van der Waals surface area contributed by atoms with E-state index in [2.05, 4.69) is 34.3 Å². The molecule has 0 fully saturated rings. The highest BCUT2D eigenvalue weighted by Gasteiger charge is 2.24. The van der Waals surface area contributed by atoms with Gasteiger partial charge < -0.3 is 9.47 Å². The summed E-state index contributed by atoms with van der Waals surface area (Å²) in [7, 11) is 0. The summed E-state index contributed by atoms with van der Waals surface area (Å²) in [4.78, 5) is 2.88. The van der Waals surface area contributed by atoms with Crippen LogP contribution < -0.4 is 0 Å². The van der Waals surface area contributed by atoms with E-state index in [0.29, 0.717) is 10.6 Å². The van der Waals surface area contributed by atoms with E-state index in [4.69, 9.17) is 26.6 Å². The third-order valence-electron chi connectivity index (χ3n) is 4.54. The zero-order valence-corrected chi connectivity index (χ0v) is 15.6. The van der Waals surface area contributed by atoms with Crippen molar-refractivity contribution in [2.24, 2.45) is 5.11 Å². The van der Waals surface area contributed by atoms with E-state index >= 15 is 0 Å². The van der Waals surface area contributed by atoms with E-state index < -0.39 is 6.29 Å². The van der Waals surface area contributed by atoms with Crippen molar-refractivity contribution in [1.82, 2.24) is 0 Å². The van der Waals surface area contributed by atoms with E-state index in [1.807, 2.05) is 42.5 Å². The van der Waals surface area contributed by atoms with Gasteiger partial charge in [0.2, 0.25) is 0 Å². The molecular weight excluding hydrogens is 374 g/mol. The van der Waals surface area contributed by atoms with Gasteiger partial charge in [-0.15, -0.1) is 0 Å². The molecule has 0 unspecified atom stereocenters. The van der Waals surface area contributed by atoms with Crippen molar-refractivity contribution in [3.8, 4) is 22.3 Å². The van der Waals surface area contributed by atoms with E-state index in [9.17, 15) is 0 Å². The van der Waals surface area contributed by atoms with Gasteiger partial charge in [-0.25, -0.2) is 0 Å². The summed E-state index contributed by atoms with van der Waals surface area (Å²) in [5.41, 5.74) is 14.4. The summed E-state index contributed by atoms with van der Waals surface area (Å²) >= 11 is 6.62. The molecule has 0 aromatic heterocycles. The van der Waals surface area contributed by atoms with Crippen molar-refractivity contribution in [3.63, 3.8) is 0 Å². The van der Waals surface area contributed by atoms with Gasteiger partial charge in [-0.1, -0.05) is 77.4 Å². The van der Waals surface area contributed by atoms with Gasteiger partial charge in [0.25, 0.3) is 6.29 Å². The van der Waals surface area contributed by atoms with Gasteiger partial charge in [0.1, 0.15) is 12.5 Å². The summed E-state index contributed by atoms with van der Waals surface area (Å²) in [6.07, 6.45) is 2.29. The summed E-state index contributed by atoms with van der Waals surface area (Å²) in [6, 6.07) is 22.1. The highest BCUT2D eigenvalue weighted by atomic mass is 35.5. The molecule has 1 aliphatic heterocycles. The summed E-state index contributed by atoms with van der Waals surface area (Å²) in [6.45, 7) is 0.149. The lowest BCUT2D eigenvalue weighted by Crippen LogP contribution is -2.04.